The summed E-state index contributed by atoms with van der Waals surface area (Å²) in [6.07, 6.45) is 8.57. The van der Waals surface area contributed by atoms with Crippen molar-refractivity contribution < 1.29 is 0 Å². The molecule has 0 radical (unpaired) electrons. The number of fused-ring (bicyclic) bond motifs is 2. The third kappa shape index (κ3) is 4.79. The van der Waals surface area contributed by atoms with Crippen LogP contribution in [0.3, 0.4) is 0 Å². The van der Waals surface area contributed by atoms with Crippen molar-refractivity contribution in [3.8, 4) is 11.1 Å². The first kappa shape index (κ1) is 27.2. The van der Waals surface area contributed by atoms with Crippen LogP contribution in [0.25, 0.3) is 33.2 Å². The monoisotopic (exact) mass is 583 g/mol. The van der Waals surface area contributed by atoms with E-state index in [2.05, 4.69) is 69.1 Å². The Labute approximate surface area is 251 Å². The fourth-order valence-corrected chi connectivity index (χ4v) is 7.15. The van der Waals surface area contributed by atoms with Gasteiger partial charge >= 0.3 is 0 Å². The molecule has 3 N–H and O–H groups in total. The predicted octanol–water partition coefficient (Wildman–Crippen LogP) is 6.00. The maximum Gasteiger partial charge on any atom is 0.208 e. The lowest BCUT2D eigenvalue weighted by Crippen LogP contribution is -2.49. The van der Waals surface area contributed by atoms with Crippen LogP contribution in [0.4, 0.5) is 17.5 Å². The van der Waals surface area contributed by atoms with Crippen LogP contribution in [0.2, 0.25) is 5.02 Å². The highest BCUT2D eigenvalue weighted by Crippen LogP contribution is 2.39. The summed E-state index contributed by atoms with van der Waals surface area (Å²) < 4.78 is 4.36. The van der Waals surface area contributed by atoms with Crippen molar-refractivity contribution in [2.45, 2.75) is 44.7 Å². The Balaban J connectivity index is 1.14. The molecule has 0 amide bonds. The molecule has 1 aliphatic carbocycles. The molecule has 1 saturated heterocycles. The average molecular weight is 584 g/mol. The number of aryl methyl sites for hydroxylation is 2. The van der Waals surface area contributed by atoms with Gasteiger partial charge in [-0.25, -0.2) is 15.0 Å². The topological polar surface area (TPSA) is 93.1 Å². The Morgan fingerprint density at radius 3 is 2.33 bits per heavy atom. The molecule has 10 heteroatoms. The largest absolute Gasteiger partial charge is 0.383 e. The molecule has 0 spiro atoms. The van der Waals surface area contributed by atoms with Crippen LogP contribution in [0.5, 0.6) is 0 Å². The van der Waals surface area contributed by atoms with Crippen molar-refractivity contribution in [1.82, 2.24) is 33.9 Å². The maximum atomic E-state index is 6.49. The Bertz CT molecular complexity index is 1740. The number of nitrogens with one attached hydrogen (secondary N) is 1. The number of nitrogens with zero attached hydrogens (tertiary/aromatic N) is 7. The molecule has 0 atom stereocenters. The van der Waals surface area contributed by atoms with E-state index in [1.807, 2.05) is 23.7 Å². The number of aromatic nitrogens is 5. The van der Waals surface area contributed by atoms with E-state index >= 15 is 0 Å². The highest BCUT2D eigenvalue weighted by atomic mass is 35.5. The Hall–Kier alpha value is -3.66. The highest BCUT2D eigenvalue weighted by Gasteiger charge is 2.30. The molecule has 4 heterocycles. The zero-order chi connectivity index (χ0) is 29.0. The van der Waals surface area contributed by atoms with E-state index in [1.165, 1.54) is 39.0 Å². The number of nitrogens with two attached hydrogens (primary N) is 1. The molecule has 1 aliphatic heterocycles. The van der Waals surface area contributed by atoms with Crippen LogP contribution in [0.1, 0.15) is 37.3 Å². The van der Waals surface area contributed by atoms with Gasteiger partial charge in [-0.2, -0.15) is 0 Å². The van der Waals surface area contributed by atoms with Gasteiger partial charge in [-0.3, -0.25) is 4.90 Å². The van der Waals surface area contributed by atoms with Crippen LogP contribution in [-0.4, -0.2) is 73.2 Å². The zero-order valence-corrected chi connectivity index (χ0v) is 25.3. The molecule has 2 fully saturated rings. The number of benzene rings is 2. The number of halogens is 1. The lowest BCUT2D eigenvalue weighted by molar-refractivity contribution is 0.0828. The van der Waals surface area contributed by atoms with Crippen LogP contribution in [-0.2, 0) is 7.05 Å². The summed E-state index contributed by atoms with van der Waals surface area (Å²) in [5.41, 5.74) is 13.4. The Morgan fingerprint density at radius 2 is 1.62 bits per heavy atom. The number of likely N-dealkylation sites (N-methyl/N-ethyl adjacent to an activating group) is 1. The van der Waals surface area contributed by atoms with Gasteiger partial charge < -0.3 is 25.1 Å². The summed E-state index contributed by atoms with van der Waals surface area (Å²) in [6.45, 7) is 6.75. The van der Waals surface area contributed by atoms with E-state index in [1.54, 1.807) is 6.33 Å². The summed E-state index contributed by atoms with van der Waals surface area (Å²) >= 11 is 6.49. The molecule has 0 bridgehead atoms. The fourth-order valence-electron chi connectivity index (χ4n) is 6.87. The molecule has 9 nitrogen and oxygen atoms in total. The SMILES string of the molecule is Cc1ccc(Cl)c2c1nc(Nc1ccc(-c3cn([C@H]4CC[C@H](N5CCN(C)CC5)CC4)c4ncnc(N)c34)cc1)n2C. The van der Waals surface area contributed by atoms with Crippen molar-refractivity contribution in [3.05, 3.63) is 59.5 Å². The van der Waals surface area contributed by atoms with Crippen molar-refractivity contribution in [1.29, 1.82) is 0 Å². The van der Waals surface area contributed by atoms with Gasteiger partial charge in [0.1, 0.15) is 17.8 Å². The van der Waals surface area contributed by atoms with E-state index in [9.17, 15) is 0 Å². The second-order valence-corrected chi connectivity index (χ2v) is 12.4. The number of piperazine rings is 1. The molecule has 1 saturated carbocycles. The van der Waals surface area contributed by atoms with Crippen molar-refractivity contribution in [3.63, 3.8) is 0 Å². The quantitative estimate of drug-likeness (QED) is 0.262. The van der Waals surface area contributed by atoms with Gasteiger partial charge in [0, 0.05) is 62.8 Å². The average Bonchev–Trinajstić information content (AvgIpc) is 3.56. The molecule has 42 heavy (non-hydrogen) atoms. The fraction of sp³-hybridized carbons (Fsp3) is 0.406. The molecule has 3 aromatic heterocycles. The summed E-state index contributed by atoms with van der Waals surface area (Å²) in [6, 6.07) is 13.4. The minimum absolute atomic E-state index is 0.410. The summed E-state index contributed by atoms with van der Waals surface area (Å²) in [7, 11) is 4.20. The van der Waals surface area contributed by atoms with Crippen LogP contribution in [0, 0.1) is 6.92 Å². The number of hydrogen-bond acceptors (Lipinski definition) is 7. The van der Waals surface area contributed by atoms with Crippen LogP contribution >= 0.6 is 11.6 Å². The van der Waals surface area contributed by atoms with Crippen LogP contribution < -0.4 is 11.1 Å². The van der Waals surface area contributed by atoms with Gasteiger partial charge in [0.05, 0.1) is 21.4 Å². The first-order valence-electron chi connectivity index (χ1n) is 14.9. The molecule has 2 aromatic carbocycles. The van der Waals surface area contributed by atoms with E-state index in [4.69, 9.17) is 27.3 Å². The van der Waals surface area contributed by atoms with E-state index in [-0.39, 0.29) is 0 Å². The molecule has 2 aliphatic rings. The lowest BCUT2D eigenvalue weighted by Gasteiger charge is -2.41. The minimum Gasteiger partial charge on any atom is -0.383 e. The third-order valence-corrected chi connectivity index (χ3v) is 9.68. The van der Waals surface area contributed by atoms with Gasteiger partial charge in [0.2, 0.25) is 5.95 Å². The van der Waals surface area contributed by atoms with E-state index in [0.717, 1.165) is 63.2 Å². The van der Waals surface area contributed by atoms with Gasteiger partial charge in [0.25, 0.3) is 0 Å². The smallest absolute Gasteiger partial charge is 0.208 e. The number of rotatable bonds is 5. The van der Waals surface area contributed by atoms with Crippen molar-refractivity contribution in [2.24, 2.45) is 7.05 Å². The van der Waals surface area contributed by atoms with Gasteiger partial charge in [-0.05, 0) is 69.0 Å². The molecule has 5 aromatic rings. The Kier molecular flexibility index (Phi) is 7.04. The van der Waals surface area contributed by atoms with Crippen molar-refractivity contribution in [2.75, 3.05) is 44.3 Å². The first-order valence-corrected chi connectivity index (χ1v) is 15.3. The number of imidazole rings is 1. The molecule has 218 valence electrons. The molecular weight excluding hydrogens is 546 g/mol. The summed E-state index contributed by atoms with van der Waals surface area (Å²) in [5, 5.41) is 5.09. The number of anilines is 3. The second kappa shape index (κ2) is 10.9. The zero-order valence-electron chi connectivity index (χ0n) is 24.5. The minimum atomic E-state index is 0.410. The Morgan fingerprint density at radius 1 is 0.905 bits per heavy atom. The summed E-state index contributed by atoms with van der Waals surface area (Å²) in [4.78, 5) is 19.0. The van der Waals surface area contributed by atoms with Gasteiger partial charge in [-0.1, -0.05) is 29.8 Å². The molecule has 7 rings (SSSR count). The predicted molar refractivity (Wildman–Crippen MR) is 171 cm³/mol. The number of hydrogen-bond donors (Lipinski definition) is 2. The van der Waals surface area contributed by atoms with E-state index in [0.29, 0.717) is 22.9 Å². The normalized spacial score (nSPS) is 20.5. The second-order valence-electron chi connectivity index (χ2n) is 12.0. The maximum absolute atomic E-state index is 6.49. The highest BCUT2D eigenvalue weighted by molar-refractivity contribution is 6.35. The van der Waals surface area contributed by atoms with Crippen molar-refractivity contribution >= 4 is 51.1 Å². The van der Waals surface area contributed by atoms with Crippen LogP contribution in [0.15, 0.2) is 48.9 Å². The summed E-state index contributed by atoms with van der Waals surface area (Å²) in [5.74, 6) is 1.27. The van der Waals surface area contributed by atoms with E-state index < -0.39 is 0 Å². The first-order chi connectivity index (χ1) is 20.4. The third-order valence-electron chi connectivity index (χ3n) is 9.38. The molecule has 0 unspecified atom stereocenters. The van der Waals surface area contributed by atoms with Gasteiger partial charge in [0.15, 0.2) is 0 Å². The molecular formula is C32H38ClN9. The number of nitrogen functional groups attached to an aromatic ring is 1. The standard InChI is InChI=1S/C32H38ClN9/c1-20-4-13-26(33)29-28(20)38-32(40(29)3)37-22-7-5-21(6-8-22)25-18-42(31-27(25)30(34)35-19-36-31)24-11-9-23(10-12-24)41-16-14-39(2)15-17-41/h4-8,13,18-19,23-24H,9-12,14-17H2,1-3H3,(H,37,38)(H2,34,35,36)/t23-,24-. The lowest BCUT2D eigenvalue weighted by atomic mass is 9.89. The van der Waals surface area contributed by atoms with Gasteiger partial charge in [-0.15, -0.1) is 0 Å².